The zero-order chi connectivity index (χ0) is 14.8. The molecule has 0 bridgehead atoms. The summed E-state index contributed by atoms with van der Waals surface area (Å²) in [5.74, 6) is 2.03. The molecule has 0 unspecified atom stereocenters. The van der Waals surface area contributed by atoms with Crippen molar-refractivity contribution in [1.82, 2.24) is 24.9 Å². The predicted molar refractivity (Wildman–Crippen MR) is 82.5 cm³/mol. The third kappa shape index (κ3) is 3.00. The predicted octanol–water partition coefficient (Wildman–Crippen LogP) is 1.58. The van der Waals surface area contributed by atoms with Gasteiger partial charge < -0.3 is 11.5 Å². The lowest BCUT2D eigenvalue weighted by atomic mass is 10.2. The smallest absolute Gasteiger partial charge is 0.225 e. The molecule has 0 spiro atoms. The molecule has 7 nitrogen and oxygen atoms in total. The van der Waals surface area contributed by atoms with Gasteiger partial charge >= 0.3 is 0 Å². The second-order valence-electron chi connectivity index (χ2n) is 4.35. The fraction of sp³-hybridized carbons (Fsp3) is 0.154. The first-order valence-electron chi connectivity index (χ1n) is 6.24. The normalized spacial score (nSPS) is 10.9. The summed E-state index contributed by atoms with van der Waals surface area (Å²) in [6.07, 6.45) is 0. The van der Waals surface area contributed by atoms with Gasteiger partial charge in [0.2, 0.25) is 11.9 Å². The van der Waals surface area contributed by atoms with Crippen molar-refractivity contribution in [2.75, 3.05) is 11.5 Å². The highest BCUT2D eigenvalue weighted by Gasteiger charge is 2.08. The van der Waals surface area contributed by atoms with E-state index in [-0.39, 0.29) is 11.9 Å². The first-order chi connectivity index (χ1) is 10.1. The lowest BCUT2D eigenvalue weighted by Gasteiger charge is -2.06. The molecule has 3 rings (SSSR count). The molecule has 0 aliphatic heterocycles. The van der Waals surface area contributed by atoms with Crippen molar-refractivity contribution in [1.29, 1.82) is 0 Å². The van der Waals surface area contributed by atoms with Crippen LogP contribution in [0.5, 0.6) is 0 Å². The van der Waals surface area contributed by atoms with Gasteiger partial charge in [-0.1, -0.05) is 30.0 Å². The number of thioether (sulfide) groups is 1. The highest BCUT2D eigenvalue weighted by Crippen LogP contribution is 2.27. The van der Waals surface area contributed by atoms with Gasteiger partial charge in [0.1, 0.15) is 16.7 Å². The SMILES string of the molecule is Cc1nc(SCc2nc(N)nc(N)n2)c2ccccc2n1. The summed E-state index contributed by atoms with van der Waals surface area (Å²) in [6.45, 7) is 1.87. The maximum absolute atomic E-state index is 5.57. The summed E-state index contributed by atoms with van der Waals surface area (Å²) < 4.78 is 0. The summed E-state index contributed by atoms with van der Waals surface area (Å²) in [5.41, 5.74) is 12.1. The van der Waals surface area contributed by atoms with E-state index in [4.69, 9.17) is 11.5 Å². The van der Waals surface area contributed by atoms with Gasteiger partial charge in [-0.3, -0.25) is 0 Å². The first-order valence-corrected chi connectivity index (χ1v) is 7.22. The van der Waals surface area contributed by atoms with Gasteiger partial charge in [0.05, 0.1) is 11.3 Å². The van der Waals surface area contributed by atoms with Crippen LogP contribution in [0.25, 0.3) is 10.9 Å². The second-order valence-corrected chi connectivity index (χ2v) is 5.31. The summed E-state index contributed by atoms with van der Waals surface area (Å²) in [4.78, 5) is 20.8. The number of anilines is 2. The maximum atomic E-state index is 5.57. The summed E-state index contributed by atoms with van der Waals surface area (Å²) in [5, 5.41) is 1.89. The van der Waals surface area contributed by atoms with Gasteiger partial charge in [-0.2, -0.15) is 15.0 Å². The Morgan fingerprint density at radius 1 is 0.952 bits per heavy atom. The number of fused-ring (bicyclic) bond motifs is 1. The van der Waals surface area contributed by atoms with E-state index in [0.717, 1.165) is 21.8 Å². The monoisotopic (exact) mass is 299 g/mol. The van der Waals surface area contributed by atoms with Gasteiger partial charge in [0, 0.05) is 5.39 Å². The molecule has 0 radical (unpaired) electrons. The molecule has 3 aromatic rings. The maximum Gasteiger partial charge on any atom is 0.225 e. The van der Waals surface area contributed by atoms with Crippen LogP contribution in [0.3, 0.4) is 0 Å². The van der Waals surface area contributed by atoms with E-state index in [9.17, 15) is 0 Å². The van der Waals surface area contributed by atoms with E-state index < -0.39 is 0 Å². The third-order valence-electron chi connectivity index (χ3n) is 2.73. The molecule has 4 N–H and O–H groups in total. The van der Waals surface area contributed by atoms with Crippen LogP contribution in [0.2, 0.25) is 0 Å². The van der Waals surface area contributed by atoms with E-state index in [1.807, 2.05) is 31.2 Å². The number of nitrogen functional groups attached to an aromatic ring is 2. The number of rotatable bonds is 3. The zero-order valence-electron chi connectivity index (χ0n) is 11.3. The Labute approximate surface area is 125 Å². The molecule has 0 fully saturated rings. The number of aromatic nitrogens is 5. The number of nitrogens with zero attached hydrogens (tertiary/aromatic N) is 5. The van der Waals surface area contributed by atoms with Crippen LogP contribution in [-0.2, 0) is 5.75 Å². The topological polar surface area (TPSA) is 116 Å². The Kier molecular flexibility index (Phi) is 3.53. The van der Waals surface area contributed by atoms with Crippen molar-refractivity contribution in [2.24, 2.45) is 0 Å². The summed E-state index contributed by atoms with van der Waals surface area (Å²) in [6, 6.07) is 7.88. The largest absolute Gasteiger partial charge is 0.368 e. The van der Waals surface area contributed by atoms with Crippen LogP contribution in [0.15, 0.2) is 29.3 Å². The quantitative estimate of drug-likeness (QED) is 0.553. The number of nitrogens with two attached hydrogens (primary N) is 2. The average molecular weight is 299 g/mol. The molecule has 0 amide bonds. The van der Waals surface area contributed by atoms with E-state index >= 15 is 0 Å². The molecule has 0 aliphatic rings. The van der Waals surface area contributed by atoms with Gasteiger partial charge in [-0.15, -0.1) is 0 Å². The zero-order valence-corrected chi connectivity index (χ0v) is 12.1. The second kappa shape index (κ2) is 5.49. The molecule has 106 valence electrons. The van der Waals surface area contributed by atoms with Crippen molar-refractivity contribution in [2.45, 2.75) is 17.7 Å². The van der Waals surface area contributed by atoms with Crippen LogP contribution >= 0.6 is 11.8 Å². The number of hydrogen-bond acceptors (Lipinski definition) is 8. The van der Waals surface area contributed by atoms with Crippen LogP contribution in [-0.4, -0.2) is 24.9 Å². The minimum Gasteiger partial charge on any atom is -0.368 e. The van der Waals surface area contributed by atoms with Crippen molar-refractivity contribution in [3.05, 3.63) is 35.9 Å². The number of aryl methyl sites for hydroxylation is 1. The molecule has 2 heterocycles. The Hall–Kier alpha value is -2.48. The molecular weight excluding hydrogens is 286 g/mol. The van der Waals surface area contributed by atoms with Crippen molar-refractivity contribution in [3.63, 3.8) is 0 Å². The molecule has 0 saturated heterocycles. The standard InChI is InChI=1S/C13H13N7S/c1-7-16-9-5-3-2-4-8(9)11(17-7)21-6-10-18-12(14)20-13(15)19-10/h2-5H,6H2,1H3,(H4,14,15,18,19,20). The van der Waals surface area contributed by atoms with E-state index in [2.05, 4.69) is 24.9 Å². The Bertz CT molecular complexity index is 785. The minimum absolute atomic E-state index is 0.127. The van der Waals surface area contributed by atoms with E-state index in [0.29, 0.717) is 11.6 Å². The van der Waals surface area contributed by atoms with E-state index in [1.54, 1.807) is 0 Å². The Morgan fingerprint density at radius 2 is 1.67 bits per heavy atom. The number of hydrogen-bond donors (Lipinski definition) is 2. The van der Waals surface area contributed by atoms with Gasteiger partial charge in [0.15, 0.2) is 0 Å². The molecule has 0 atom stereocenters. The van der Waals surface area contributed by atoms with Crippen LogP contribution in [0.1, 0.15) is 11.6 Å². The van der Waals surface area contributed by atoms with Crippen molar-refractivity contribution >= 4 is 34.6 Å². The van der Waals surface area contributed by atoms with Crippen molar-refractivity contribution < 1.29 is 0 Å². The van der Waals surface area contributed by atoms with Crippen molar-refractivity contribution in [3.8, 4) is 0 Å². The molecule has 1 aromatic carbocycles. The Morgan fingerprint density at radius 3 is 2.43 bits per heavy atom. The van der Waals surface area contributed by atoms with Gasteiger partial charge in [0.25, 0.3) is 0 Å². The van der Waals surface area contributed by atoms with Crippen LogP contribution in [0.4, 0.5) is 11.9 Å². The first kappa shape index (κ1) is 13.5. The Balaban J connectivity index is 1.91. The number of benzene rings is 1. The lowest BCUT2D eigenvalue weighted by molar-refractivity contribution is 0.978. The summed E-state index contributed by atoms with van der Waals surface area (Å²) >= 11 is 1.52. The lowest BCUT2D eigenvalue weighted by Crippen LogP contribution is -2.06. The highest BCUT2D eigenvalue weighted by atomic mass is 32.2. The molecule has 0 aliphatic carbocycles. The minimum atomic E-state index is 0.127. The third-order valence-corrected chi connectivity index (χ3v) is 3.72. The van der Waals surface area contributed by atoms with Gasteiger partial charge in [-0.25, -0.2) is 9.97 Å². The molecular formula is C13H13N7S. The van der Waals surface area contributed by atoms with Crippen LogP contribution < -0.4 is 11.5 Å². The average Bonchev–Trinajstić information content (AvgIpc) is 2.43. The van der Waals surface area contributed by atoms with Crippen LogP contribution in [0, 0.1) is 6.92 Å². The number of para-hydroxylation sites is 1. The molecule has 21 heavy (non-hydrogen) atoms. The molecule has 0 saturated carbocycles. The fourth-order valence-electron chi connectivity index (χ4n) is 1.92. The van der Waals surface area contributed by atoms with E-state index in [1.165, 1.54) is 11.8 Å². The highest BCUT2D eigenvalue weighted by molar-refractivity contribution is 7.98. The fourth-order valence-corrected chi connectivity index (χ4v) is 2.84. The molecule has 2 aromatic heterocycles. The molecule has 8 heteroatoms. The summed E-state index contributed by atoms with van der Waals surface area (Å²) in [7, 11) is 0. The van der Waals surface area contributed by atoms with Gasteiger partial charge in [-0.05, 0) is 13.0 Å².